The Balaban J connectivity index is 1.50. The summed E-state index contributed by atoms with van der Waals surface area (Å²) < 4.78 is 17.9. The average Bonchev–Trinajstić information content (AvgIpc) is 3.31. The minimum Gasteiger partial charge on any atom is -0.487 e. The van der Waals surface area contributed by atoms with E-state index in [1.165, 1.54) is 22.7 Å². The molecule has 0 atom stereocenters. The minimum absolute atomic E-state index is 0.0124. The molecule has 0 bridgehead atoms. The summed E-state index contributed by atoms with van der Waals surface area (Å²) in [5, 5.41) is 17.3. The molecule has 2 amide bonds. The van der Waals surface area contributed by atoms with Gasteiger partial charge in [-0.2, -0.15) is 15.0 Å². The van der Waals surface area contributed by atoms with E-state index in [4.69, 9.17) is 37.4 Å². The van der Waals surface area contributed by atoms with Crippen LogP contribution in [0.2, 0.25) is 10.0 Å². The molecule has 4 aromatic rings. The molecule has 2 aromatic heterocycles. The molecule has 0 saturated heterocycles. The number of rotatable bonds is 8. The normalized spacial score (nSPS) is 10.5. The molecule has 2 aromatic carbocycles. The molecule has 1 N–H and O–H groups in total. The highest BCUT2D eigenvalue weighted by atomic mass is 35.5. The summed E-state index contributed by atoms with van der Waals surface area (Å²) >= 11 is 12.4. The van der Waals surface area contributed by atoms with Crippen molar-refractivity contribution in [3.05, 3.63) is 76.0 Å². The molecule has 0 radical (unpaired) electrons. The van der Waals surface area contributed by atoms with Gasteiger partial charge in [0.15, 0.2) is 5.65 Å². The van der Waals surface area contributed by atoms with Gasteiger partial charge in [-0.05, 0) is 42.5 Å². The lowest BCUT2D eigenvalue weighted by Gasteiger charge is -2.16. The first-order valence-corrected chi connectivity index (χ1v) is 12.3. The number of nitrogens with zero attached hydrogens (tertiary/aromatic N) is 5. The second-order valence-electron chi connectivity index (χ2n) is 8.09. The molecule has 4 rings (SSSR count). The summed E-state index contributed by atoms with van der Waals surface area (Å²) in [5.41, 5.74) is 1.18. The lowest BCUT2D eigenvalue weighted by Crippen LogP contribution is -2.35. The van der Waals surface area contributed by atoms with Crippen LogP contribution in [0.5, 0.6) is 17.2 Å². The number of likely N-dealkylation sites (N-methyl/N-ethyl adjacent to an activating group) is 1. The van der Waals surface area contributed by atoms with Crippen LogP contribution < -0.4 is 14.8 Å². The fraction of sp³-hybridized carbons (Fsp3) is 0.192. The van der Waals surface area contributed by atoms with Gasteiger partial charge in [0.05, 0.1) is 23.2 Å². The lowest BCUT2D eigenvalue weighted by atomic mass is 10.2. The van der Waals surface area contributed by atoms with E-state index in [9.17, 15) is 14.9 Å². The first-order chi connectivity index (χ1) is 18.8. The highest BCUT2D eigenvalue weighted by Crippen LogP contribution is 2.34. The number of benzene rings is 2. The number of nitriles is 1. The fourth-order valence-electron chi connectivity index (χ4n) is 3.47. The zero-order chi connectivity index (χ0) is 27.9. The number of carbonyl (C=O) groups is 2. The zero-order valence-corrected chi connectivity index (χ0v) is 22.4. The summed E-state index contributed by atoms with van der Waals surface area (Å²) in [6.45, 7) is 0.184. The molecule has 0 aliphatic rings. The summed E-state index contributed by atoms with van der Waals surface area (Å²) in [4.78, 5) is 30.0. The number of alkyl carbamates (subject to hydrolysis) is 1. The third kappa shape index (κ3) is 6.67. The van der Waals surface area contributed by atoms with Gasteiger partial charge in [-0.25, -0.2) is 14.6 Å². The van der Waals surface area contributed by atoms with Gasteiger partial charge in [0.2, 0.25) is 0 Å². The molecule has 39 heavy (non-hydrogen) atoms. The summed E-state index contributed by atoms with van der Waals surface area (Å²) in [6, 6.07) is 14.6. The second-order valence-corrected chi connectivity index (χ2v) is 8.94. The van der Waals surface area contributed by atoms with E-state index in [0.29, 0.717) is 49.6 Å². The predicted molar refractivity (Wildman–Crippen MR) is 143 cm³/mol. The molecular formula is C26H22Cl2N6O5. The van der Waals surface area contributed by atoms with Gasteiger partial charge in [0, 0.05) is 36.8 Å². The number of carbonyl (C=O) groups excluding carboxylic acids is 2. The molecule has 2 heterocycles. The maximum Gasteiger partial charge on any atom is 0.406 e. The van der Waals surface area contributed by atoms with Gasteiger partial charge in [-0.15, -0.1) is 0 Å². The summed E-state index contributed by atoms with van der Waals surface area (Å²) in [5.74, 6) is 1.07. The summed E-state index contributed by atoms with van der Waals surface area (Å²) in [6.07, 6.45) is 0.973. The van der Waals surface area contributed by atoms with E-state index in [1.807, 2.05) is 6.07 Å². The van der Waals surface area contributed by atoms with Crippen LogP contribution in [-0.2, 0) is 11.3 Å². The average molecular weight is 569 g/mol. The smallest absolute Gasteiger partial charge is 0.406 e. The van der Waals surface area contributed by atoms with Gasteiger partial charge in [-0.1, -0.05) is 23.2 Å². The van der Waals surface area contributed by atoms with Crippen LogP contribution in [-0.4, -0.2) is 59.0 Å². The van der Waals surface area contributed by atoms with E-state index in [1.54, 1.807) is 55.7 Å². The first-order valence-electron chi connectivity index (χ1n) is 11.5. The highest BCUT2D eigenvalue weighted by molar-refractivity contribution is 6.32. The Morgan fingerprint density at radius 1 is 1.15 bits per heavy atom. The number of pyridine rings is 1. The van der Waals surface area contributed by atoms with Crippen molar-refractivity contribution in [2.24, 2.45) is 0 Å². The van der Waals surface area contributed by atoms with E-state index >= 15 is 0 Å². The largest absolute Gasteiger partial charge is 0.487 e. The van der Waals surface area contributed by atoms with Crippen molar-refractivity contribution in [2.75, 3.05) is 27.2 Å². The van der Waals surface area contributed by atoms with Crippen molar-refractivity contribution in [3.63, 3.8) is 0 Å². The fourth-order valence-corrected chi connectivity index (χ4v) is 3.86. The van der Waals surface area contributed by atoms with Crippen LogP contribution in [0, 0.1) is 11.3 Å². The van der Waals surface area contributed by atoms with Crippen LogP contribution in [0.1, 0.15) is 11.3 Å². The standard InChI is InChI=1S/C26H22Cl2N6O5/c1-30-25(35)37-9-8-33(2)26(36)34-24-20(4-3-7-31-24)22(32-34)15-38-18-5-6-21(28)23(13-18)39-19-11-16(14-29)10-17(27)12-19/h3-7,10-13H,8-9,15H2,1-2H3,(H,30,35). The first kappa shape index (κ1) is 27.5. The second kappa shape index (κ2) is 12.3. The van der Waals surface area contributed by atoms with E-state index in [0.717, 1.165) is 0 Å². The number of nitrogens with one attached hydrogen (secondary N) is 1. The molecule has 0 aliphatic heterocycles. The Morgan fingerprint density at radius 3 is 2.74 bits per heavy atom. The van der Waals surface area contributed by atoms with Crippen molar-refractivity contribution < 1.29 is 23.8 Å². The number of amides is 2. The molecule has 0 aliphatic carbocycles. The topological polar surface area (TPSA) is 132 Å². The molecule has 0 unspecified atom stereocenters. The Bertz CT molecular complexity index is 1570. The van der Waals surface area contributed by atoms with E-state index < -0.39 is 12.1 Å². The number of fused-ring (bicyclic) bond motifs is 1. The Kier molecular flexibility index (Phi) is 8.70. The number of halogens is 2. The van der Waals surface area contributed by atoms with Crippen LogP contribution in [0.15, 0.2) is 54.7 Å². The molecule has 0 fully saturated rings. The van der Waals surface area contributed by atoms with Gasteiger partial charge in [-0.3, -0.25) is 0 Å². The maximum absolute atomic E-state index is 13.0. The molecular weight excluding hydrogens is 547 g/mol. The monoisotopic (exact) mass is 568 g/mol. The lowest BCUT2D eigenvalue weighted by molar-refractivity contribution is 0.136. The number of hydrogen-bond donors (Lipinski definition) is 1. The van der Waals surface area contributed by atoms with Crippen LogP contribution in [0.4, 0.5) is 9.59 Å². The Labute approximate surface area is 233 Å². The highest BCUT2D eigenvalue weighted by Gasteiger charge is 2.20. The van der Waals surface area contributed by atoms with Crippen LogP contribution >= 0.6 is 23.2 Å². The zero-order valence-electron chi connectivity index (χ0n) is 20.9. The molecule has 0 spiro atoms. The van der Waals surface area contributed by atoms with Crippen LogP contribution in [0.3, 0.4) is 0 Å². The van der Waals surface area contributed by atoms with E-state index in [2.05, 4.69) is 15.4 Å². The van der Waals surface area contributed by atoms with Crippen molar-refractivity contribution in [3.8, 4) is 23.3 Å². The minimum atomic E-state index is -0.586. The predicted octanol–water partition coefficient (Wildman–Crippen LogP) is 5.24. The molecule has 0 saturated carbocycles. The van der Waals surface area contributed by atoms with Gasteiger partial charge in [0.1, 0.15) is 36.2 Å². The Morgan fingerprint density at radius 2 is 1.97 bits per heavy atom. The van der Waals surface area contributed by atoms with Crippen molar-refractivity contribution in [2.45, 2.75) is 6.61 Å². The maximum atomic E-state index is 13.0. The SMILES string of the molecule is CNC(=O)OCCN(C)C(=O)n1nc(COc2ccc(Cl)c(Oc3cc(Cl)cc(C#N)c3)c2)c2cccnc21. The number of hydrogen-bond acceptors (Lipinski definition) is 8. The van der Waals surface area contributed by atoms with Gasteiger partial charge in [0.25, 0.3) is 0 Å². The summed E-state index contributed by atoms with van der Waals surface area (Å²) in [7, 11) is 3.02. The van der Waals surface area contributed by atoms with Gasteiger partial charge < -0.3 is 24.4 Å². The number of ether oxygens (including phenoxy) is 3. The third-order valence-corrected chi connectivity index (χ3v) is 5.93. The molecule has 11 nitrogen and oxygen atoms in total. The third-order valence-electron chi connectivity index (χ3n) is 5.40. The number of aromatic nitrogens is 3. The molecule has 200 valence electrons. The van der Waals surface area contributed by atoms with Crippen molar-refractivity contribution >= 4 is 46.4 Å². The van der Waals surface area contributed by atoms with E-state index in [-0.39, 0.29) is 19.8 Å². The van der Waals surface area contributed by atoms with Crippen LogP contribution in [0.25, 0.3) is 11.0 Å². The van der Waals surface area contributed by atoms with Crippen molar-refractivity contribution in [1.29, 1.82) is 5.26 Å². The van der Waals surface area contributed by atoms with Gasteiger partial charge >= 0.3 is 12.1 Å². The van der Waals surface area contributed by atoms with Crippen molar-refractivity contribution in [1.82, 2.24) is 25.0 Å². The molecule has 13 heteroatoms. The Hall–Kier alpha value is -4.53. The quantitative estimate of drug-likeness (QED) is 0.305.